The van der Waals surface area contributed by atoms with E-state index in [-0.39, 0.29) is 17.7 Å². The summed E-state index contributed by atoms with van der Waals surface area (Å²) in [6, 6.07) is 15.6. The summed E-state index contributed by atoms with van der Waals surface area (Å²) in [4.78, 5) is 29.3. The van der Waals surface area contributed by atoms with E-state index in [2.05, 4.69) is 17.1 Å². The van der Waals surface area contributed by atoms with E-state index in [1.807, 2.05) is 48.5 Å². The zero-order valence-electron chi connectivity index (χ0n) is 19.2. The summed E-state index contributed by atoms with van der Waals surface area (Å²) in [7, 11) is 1.67. The first-order valence-corrected chi connectivity index (χ1v) is 11.9. The maximum atomic E-state index is 13.7. The van der Waals surface area contributed by atoms with Crippen LogP contribution in [-0.2, 0) is 11.2 Å². The van der Waals surface area contributed by atoms with Crippen LogP contribution >= 0.6 is 0 Å². The van der Waals surface area contributed by atoms with E-state index in [9.17, 15) is 9.59 Å². The Morgan fingerprint density at radius 1 is 1.12 bits per heavy atom. The van der Waals surface area contributed by atoms with E-state index >= 15 is 0 Å². The Morgan fingerprint density at radius 3 is 2.59 bits per heavy atom. The van der Waals surface area contributed by atoms with E-state index in [0.29, 0.717) is 25.1 Å². The number of nitrogens with one attached hydrogen (secondary N) is 1. The largest absolute Gasteiger partial charge is 0.496 e. The molecule has 2 aromatic carbocycles. The Morgan fingerprint density at radius 2 is 1.84 bits per heavy atom. The lowest BCUT2D eigenvalue weighted by molar-refractivity contribution is -0.126. The van der Waals surface area contributed by atoms with Crippen LogP contribution in [0.2, 0.25) is 0 Å². The van der Waals surface area contributed by atoms with Crippen molar-refractivity contribution in [3.8, 4) is 5.75 Å². The summed E-state index contributed by atoms with van der Waals surface area (Å²) < 4.78 is 5.45. The van der Waals surface area contributed by atoms with E-state index in [1.165, 1.54) is 0 Å². The molecule has 0 unspecified atom stereocenters. The van der Waals surface area contributed by atoms with Gasteiger partial charge in [-0.05, 0) is 48.9 Å². The molecule has 5 heteroatoms. The van der Waals surface area contributed by atoms with E-state index in [1.54, 1.807) is 7.11 Å². The molecule has 170 valence electrons. The van der Waals surface area contributed by atoms with Gasteiger partial charge in [-0.3, -0.25) is 9.59 Å². The zero-order valence-corrected chi connectivity index (χ0v) is 19.2. The first-order valence-electron chi connectivity index (χ1n) is 11.9. The molecule has 4 rings (SSSR count). The van der Waals surface area contributed by atoms with E-state index in [4.69, 9.17) is 4.74 Å². The van der Waals surface area contributed by atoms with Gasteiger partial charge in [-0.15, -0.1) is 0 Å². The van der Waals surface area contributed by atoms with E-state index < -0.39 is 5.54 Å². The van der Waals surface area contributed by atoms with Crippen LogP contribution in [-0.4, -0.2) is 42.5 Å². The standard InChI is InChI=1S/C27H34N2O3/c1-3-4-19-29-26(31)22-13-7-6-12-21(22)24(27(29)16-9-10-17-27)25(30)28-18-15-20-11-5-8-14-23(20)32-2/h5-8,11-14,24H,3-4,9-10,15-19H2,1-2H3,(H,28,30)/t24-/m0/s1. The third kappa shape index (κ3) is 4.01. The molecule has 1 aliphatic heterocycles. The number of hydrogen-bond donors (Lipinski definition) is 1. The molecule has 1 saturated carbocycles. The molecule has 0 saturated heterocycles. The minimum atomic E-state index is -0.408. The van der Waals surface area contributed by atoms with Crippen LogP contribution in [0.15, 0.2) is 48.5 Å². The molecular weight excluding hydrogens is 400 g/mol. The van der Waals surface area contributed by atoms with Crippen molar-refractivity contribution in [1.82, 2.24) is 10.2 Å². The smallest absolute Gasteiger partial charge is 0.254 e. The second-order valence-corrected chi connectivity index (χ2v) is 8.99. The van der Waals surface area contributed by atoms with E-state index in [0.717, 1.165) is 55.4 Å². The number of carbonyl (C=O) groups excluding carboxylic acids is 2. The van der Waals surface area contributed by atoms with Crippen LogP contribution in [0.4, 0.5) is 0 Å². The summed E-state index contributed by atoms with van der Waals surface area (Å²) in [5.41, 5.74) is 2.25. The third-order valence-corrected chi connectivity index (χ3v) is 7.18. The number of nitrogens with zero attached hydrogens (tertiary/aromatic N) is 1. The molecule has 2 aliphatic rings. The fourth-order valence-corrected chi connectivity index (χ4v) is 5.64. The SMILES string of the molecule is CCCCN1C(=O)c2ccccc2[C@@H](C(=O)NCCc2ccccc2OC)C12CCCC2. The molecule has 0 bridgehead atoms. The van der Waals surface area contributed by atoms with Crippen LogP contribution in [0, 0.1) is 0 Å². The molecule has 1 spiro atoms. The lowest BCUT2D eigenvalue weighted by Gasteiger charge is -2.50. The quantitative estimate of drug-likeness (QED) is 0.655. The second kappa shape index (κ2) is 9.76. The average Bonchev–Trinajstić information content (AvgIpc) is 3.29. The summed E-state index contributed by atoms with van der Waals surface area (Å²) in [6.45, 7) is 3.40. The predicted octanol–water partition coefficient (Wildman–Crippen LogP) is 4.71. The maximum absolute atomic E-state index is 13.7. The second-order valence-electron chi connectivity index (χ2n) is 8.99. The highest BCUT2D eigenvalue weighted by atomic mass is 16.5. The van der Waals surface area contributed by atoms with Gasteiger partial charge in [0.05, 0.1) is 18.6 Å². The first kappa shape index (κ1) is 22.4. The Kier molecular flexibility index (Phi) is 6.83. The molecule has 2 aromatic rings. The maximum Gasteiger partial charge on any atom is 0.254 e. The summed E-state index contributed by atoms with van der Waals surface area (Å²) in [5, 5.41) is 3.20. The number of ether oxygens (including phenoxy) is 1. The average molecular weight is 435 g/mol. The van der Waals surface area contributed by atoms with Gasteiger partial charge in [-0.1, -0.05) is 62.6 Å². The first-order chi connectivity index (χ1) is 15.6. The predicted molar refractivity (Wildman–Crippen MR) is 126 cm³/mol. The summed E-state index contributed by atoms with van der Waals surface area (Å²) in [5.74, 6) is 0.638. The van der Waals surface area contributed by atoms with Crippen LogP contribution in [0.1, 0.15) is 72.9 Å². The number of benzene rings is 2. The van der Waals surface area contributed by atoms with Gasteiger partial charge in [0.15, 0.2) is 0 Å². The zero-order chi connectivity index (χ0) is 22.6. The van der Waals surface area contributed by atoms with Crippen LogP contribution in [0.5, 0.6) is 5.75 Å². The number of methoxy groups -OCH3 is 1. The number of para-hydroxylation sites is 1. The lowest BCUT2D eigenvalue weighted by Crippen LogP contribution is -2.60. The lowest BCUT2D eigenvalue weighted by atomic mass is 9.71. The molecule has 5 nitrogen and oxygen atoms in total. The molecule has 0 radical (unpaired) electrons. The van der Waals surface area contributed by atoms with Gasteiger partial charge in [0.2, 0.25) is 5.91 Å². The van der Waals surface area contributed by atoms with Crippen LogP contribution in [0.3, 0.4) is 0 Å². The fraction of sp³-hybridized carbons (Fsp3) is 0.481. The Labute approximate surface area is 191 Å². The van der Waals surface area contributed by atoms with Gasteiger partial charge in [-0.2, -0.15) is 0 Å². The molecule has 2 amide bonds. The fourth-order valence-electron chi connectivity index (χ4n) is 5.64. The molecule has 1 heterocycles. The molecule has 1 aliphatic carbocycles. The molecule has 1 atom stereocenters. The van der Waals surface area contributed by atoms with Gasteiger partial charge in [0.25, 0.3) is 5.91 Å². The molecule has 1 N–H and O–H groups in total. The number of amides is 2. The van der Waals surface area contributed by atoms with Crippen molar-refractivity contribution in [2.24, 2.45) is 0 Å². The number of carbonyl (C=O) groups is 2. The minimum absolute atomic E-state index is 0.0308. The topological polar surface area (TPSA) is 58.6 Å². The van der Waals surface area contributed by atoms with Crippen molar-refractivity contribution in [3.05, 3.63) is 65.2 Å². The van der Waals surface area contributed by atoms with Crippen molar-refractivity contribution < 1.29 is 14.3 Å². The molecular formula is C27H34N2O3. The van der Waals surface area contributed by atoms with Crippen molar-refractivity contribution >= 4 is 11.8 Å². The molecule has 32 heavy (non-hydrogen) atoms. The number of unbranched alkanes of at least 4 members (excludes halogenated alkanes) is 1. The normalized spacial score (nSPS) is 19.1. The van der Waals surface area contributed by atoms with Gasteiger partial charge in [0, 0.05) is 18.7 Å². The Balaban J connectivity index is 1.61. The highest BCUT2D eigenvalue weighted by Gasteiger charge is 2.55. The highest BCUT2D eigenvalue weighted by molar-refractivity contribution is 6.02. The van der Waals surface area contributed by atoms with Gasteiger partial charge >= 0.3 is 0 Å². The highest BCUT2D eigenvalue weighted by Crippen LogP contribution is 2.50. The minimum Gasteiger partial charge on any atom is -0.496 e. The number of rotatable bonds is 8. The number of fused-ring (bicyclic) bond motifs is 1. The van der Waals surface area contributed by atoms with Gasteiger partial charge < -0.3 is 15.0 Å². The summed E-state index contributed by atoms with van der Waals surface area (Å²) >= 11 is 0. The Hall–Kier alpha value is -2.82. The van der Waals surface area contributed by atoms with Gasteiger partial charge in [-0.25, -0.2) is 0 Å². The summed E-state index contributed by atoms with van der Waals surface area (Å²) in [6.07, 6.45) is 6.58. The number of hydrogen-bond acceptors (Lipinski definition) is 3. The molecule has 1 fully saturated rings. The van der Waals surface area contributed by atoms with Crippen LogP contribution < -0.4 is 10.1 Å². The van der Waals surface area contributed by atoms with Gasteiger partial charge in [0.1, 0.15) is 5.75 Å². The monoisotopic (exact) mass is 434 g/mol. The Bertz CT molecular complexity index is 965. The third-order valence-electron chi connectivity index (χ3n) is 7.18. The molecule has 0 aromatic heterocycles. The van der Waals surface area contributed by atoms with Crippen molar-refractivity contribution in [3.63, 3.8) is 0 Å². The van der Waals surface area contributed by atoms with Crippen molar-refractivity contribution in [2.45, 2.75) is 63.3 Å². The van der Waals surface area contributed by atoms with Crippen LogP contribution in [0.25, 0.3) is 0 Å². The van der Waals surface area contributed by atoms with Crippen molar-refractivity contribution in [1.29, 1.82) is 0 Å². The van der Waals surface area contributed by atoms with Crippen molar-refractivity contribution in [2.75, 3.05) is 20.2 Å².